The zero-order valence-corrected chi connectivity index (χ0v) is 14.2. The van der Waals surface area contributed by atoms with Crippen LogP contribution in [0, 0.1) is 0 Å². The molecule has 0 aliphatic heterocycles. The zero-order chi connectivity index (χ0) is 11.1. The van der Waals surface area contributed by atoms with Crippen molar-refractivity contribution in [2.75, 3.05) is 19.0 Å². The van der Waals surface area contributed by atoms with Crippen LogP contribution in [-0.4, -0.2) is 21.0 Å². The van der Waals surface area contributed by atoms with Gasteiger partial charge in [-0.05, 0) is 0 Å². The average molecular weight is 348 g/mol. The summed E-state index contributed by atoms with van der Waals surface area (Å²) in [5.74, 6) is 2.04. The fourth-order valence-electron chi connectivity index (χ4n) is 1.17. The second-order valence-corrected chi connectivity index (χ2v) is 5.13. The van der Waals surface area contributed by atoms with E-state index in [1.54, 1.807) is 28.0 Å². The topological polar surface area (TPSA) is 3.24 Å². The molecule has 0 aromatic carbocycles. The fraction of sp³-hybridized carbons (Fsp3) is 0.250. The van der Waals surface area contributed by atoms with E-state index in [4.69, 9.17) is 0 Å². The van der Waals surface area contributed by atoms with E-state index in [2.05, 4.69) is 36.1 Å². The van der Waals surface area contributed by atoms with Crippen LogP contribution >= 0.6 is 24.8 Å². The number of hydrogen-bond donors (Lipinski definition) is 0. The molecule has 1 aromatic rings. The summed E-state index contributed by atoms with van der Waals surface area (Å²) >= 11 is 1.56. The molecule has 0 N–H and O–H groups in total. The molecule has 2 rings (SSSR count). The Morgan fingerprint density at radius 1 is 1.24 bits per heavy atom. The van der Waals surface area contributed by atoms with Crippen LogP contribution in [-0.2, 0) is 24.7 Å². The van der Waals surface area contributed by atoms with Gasteiger partial charge in [-0.2, -0.15) is 0 Å². The summed E-state index contributed by atoms with van der Waals surface area (Å²) in [4.78, 5) is 2.08. The summed E-state index contributed by atoms with van der Waals surface area (Å²) in [6.07, 6.45) is 7.69. The minimum absolute atomic E-state index is 0. The standard InChI is InChI=1S/C7H10BN.C5H5.2ClH.Zr/c1-9(2)7-5-3-4-6-8-7;1-2-4-5-3-1;;;/h3-6H,1-2H3;1-3H,4H2;2*1H;. The van der Waals surface area contributed by atoms with Gasteiger partial charge in [0, 0.05) is 0 Å². The van der Waals surface area contributed by atoms with Crippen molar-refractivity contribution < 1.29 is 24.7 Å². The van der Waals surface area contributed by atoms with E-state index < -0.39 is 0 Å². The molecule has 1 aromatic heterocycles. The number of hydrogen-bond acceptors (Lipinski definition) is 1. The first-order valence-electron chi connectivity index (χ1n) is 5.00. The molecule has 17 heavy (non-hydrogen) atoms. The summed E-state index contributed by atoms with van der Waals surface area (Å²) in [6, 6.07) is 6.14. The quantitative estimate of drug-likeness (QED) is 0.753. The summed E-state index contributed by atoms with van der Waals surface area (Å²) in [6.45, 7) is 2.08. The van der Waals surface area contributed by atoms with E-state index in [9.17, 15) is 0 Å². The Balaban J connectivity index is 0. The SMILES string of the molecule is CN(C)c1bcccc1.Cl.Cl.[Zr][C]1=CC=CC1. The van der Waals surface area contributed by atoms with Crippen LogP contribution < -0.4 is 4.90 Å². The van der Waals surface area contributed by atoms with Crippen molar-refractivity contribution in [1.29, 1.82) is 0 Å². The monoisotopic (exact) mass is 346 g/mol. The van der Waals surface area contributed by atoms with E-state index in [1.165, 1.54) is 12.0 Å². The van der Waals surface area contributed by atoms with Gasteiger partial charge >= 0.3 is 108 Å². The number of halogens is 2. The van der Waals surface area contributed by atoms with E-state index in [0.717, 1.165) is 0 Å². The van der Waals surface area contributed by atoms with Gasteiger partial charge in [0.25, 0.3) is 0 Å². The van der Waals surface area contributed by atoms with Gasteiger partial charge in [0.15, 0.2) is 0 Å². The number of rotatable bonds is 1. The van der Waals surface area contributed by atoms with Crippen LogP contribution in [0.1, 0.15) is 6.42 Å². The van der Waals surface area contributed by atoms with Crippen LogP contribution in [0.4, 0.5) is 5.58 Å². The van der Waals surface area contributed by atoms with Crippen LogP contribution in [0.3, 0.4) is 0 Å². The Morgan fingerprint density at radius 3 is 2.18 bits per heavy atom. The maximum atomic E-state index is 2.18. The normalized spacial score (nSPS) is 11.0. The van der Waals surface area contributed by atoms with Crippen LogP contribution in [0.5, 0.6) is 0 Å². The Kier molecular flexibility index (Phi) is 12.9. The molecule has 91 valence electrons. The summed E-state index contributed by atoms with van der Waals surface area (Å²) in [7, 11) is 4.07. The molecule has 0 amide bonds. The van der Waals surface area contributed by atoms with Gasteiger partial charge in [-0.1, -0.05) is 0 Å². The predicted octanol–water partition coefficient (Wildman–Crippen LogP) is 3.31. The first-order valence-corrected chi connectivity index (χ1v) is 6.22. The van der Waals surface area contributed by atoms with Gasteiger partial charge in [0.2, 0.25) is 0 Å². The molecule has 1 aliphatic carbocycles. The molecule has 0 saturated heterocycles. The molecule has 0 atom stereocenters. The van der Waals surface area contributed by atoms with E-state index >= 15 is 0 Å². The van der Waals surface area contributed by atoms with Crippen molar-refractivity contribution in [2.24, 2.45) is 0 Å². The molecular weight excluding hydrogens is 331 g/mol. The molecule has 1 heterocycles. The third-order valence-electron chi connectivity index (χ3n) is 2.04. The second kappa shape index (κ2) is 11.3. The predicted molar refractivity (Wildman–Crippen MR) is 78.5 cm³/mol. The van der Waals surface area contributed by atoms with Gasteiger partial charge in [-0.3, -0.25) is 0 Å². The molecule has 0 radical (unpaired) electrons. The van der Waals surface area contributed by atoms with Crippen molar-refractivity contribution in [3.05, 3.63) is 45.7 Å². The van der Waals surface area contributed by atoms with Gasteiger partial charge in [0.1, 0.15) is 0 Å². The molecule has 1 aliphatic rings. The van der Waals surface area contributed by atoms with Gasteiger partial charge in [0.05, 0.1) is 0 Å². The zero-order valence-electron chi connectivity index (χ0n) is 10.1. The molecular formula is C12H17BCl2NZr. The van der Waals surface area contributed by atoms with Crippen LogP contribution in [0.15, 0.2) is 45.7 Å². The van der Waals surface area contributed by atoms with Gasteiger partial charge < -0.3 is 0 Å². The molecule has 0 unspecified atom stereocenters. The minimum atomic E-state index is 0. The number of allylic oxidation sites excluding steroid dienone is 4. The van der Waals surface area contributed by atoms with E-state index in [1.807, 2.05) is 32.2 Å². The fourth-order valence-corrected chi connectivity index (χ4v) is 1.70. The van der Waals surface area contributed by atoms with Crippen LogP contribution in [0.25, 0.3) is 0 Å². The average Bonchev–Trinajstić information content (AvgIpc) is 2.71. The molecule has 5 heteroatoms. The van der Waals surface area contributed by atoms with Crippen LogP contribution in [0.2, 0.25) is 0 Å². The Labute approximate surface area is 132 Å². The second-order valence-electron chi connectivity index (χ2n) is 3.55. The molecule has 0 bridgehead atoms. The Hall–Kier alpha value is 0.158. The first kappa shape index (κ1) is 19.5. The number of nitrogens with zero attached hydrogens (tertiary/aromatic N) is 1. The van der Waals surface area contributed by atoms with E-state index in [0.29, 0.717) is 0 Å². The Morgan fingerprint density at radius 2 is 1.94 bits per heavy atom. The molecule has 0 fully saturated rings. The third-order valence-corrected chi connectivity index (χ3v) is 2.96. The summed E-state index contributed by atoms with van der Waals surface area (Å²) in [5, 5.41) is 0. The van der Waals surface area contributed by atoms with Crippen molar-refractivity contribution in [3.63, 3.8) is 0 Å². The number of anilines is 1. The van der Waals surface area contributed by atoms with Crippen molar-refractivity contribution >= 4 is 37.3 Å². The Bertz CT molecular complexity index is 353. The van der Waals surface area contributed by atoms with Crippen molar-refractivity contribution in [3.8, 4) is 0 Å². The van der Waals surface area contributed by atoms with Gasteiger partial charge in [-0.15, -0.1) is 24.8 Å². The van der Waals surface area contributed by atoms with Gasteiger partial charge in [-0.25, -0.2) is 0 Å². The summed E-state index contributed by atoms with van der Waals surface area (Å²) < 4.78 is 1.56. The first-order chi connectivity index (χ1) is 7.20. The maximum absolute atomic E-state index is 2.18. The summed E-state index contributed by atoms with van der Waals surface area (Å²) in [5.41, 5.74) is 1.25. The van der Waals surface area contributed by atoms with E-state index in [-0.39, 0.29) is 24.8 Å². The molecule has 0 spiro atoms. The third kappa shape index (κ3) is 8.82. The molecule has 1 nitrogen and oxygen atoms in total. The van der Waals surface area contributed by atoms with Crippen molar-refractivity contribution in [1.82, 2.24) is 0 Å². The van der Waals surface area contributed by atoms with Crippen molar-refractivity contribution in [2.45, 2.75) is 6.42 Å². The molecule has 0 saturated carbocycles.